The average molecular weight is 556 g/mol. The predicted octanol–water partition coefficient (Wildman–Crippen LogP) is 4.12. The van der Waals surface area contributed by atoms with Crippen molar-refractivity contribution in [1.29, 1.82) is 0 Å². The van der Waals surface area contributed by atoms with Crippen molar-refractivity contribution in [1.82, 2.24) is 15.1 Å². The van der Waals surface area contributed by atoms with Crippen LogP contribution in [-0.4, -0.2) is 51.8 Å². The number of nitrogens with one attached hydrogen (secondary N) is 1. The Hall–Kier alpha value is -3.24. The highest BCUT2D eigenvalue weighted by molar-refractivity contribution is 6.05. The van der Waals surface area contributed by atoms with Crippen molar-refractivity contribution in [2.45, 2.75) is 75.9 Å². The van der Waals surface area contributed by atoms with E-state index in [1.54, 1.807) is 6.07 Å². The van der Waals surface area contributed by atoms with Gasteiger partial charge < -0.3 is 10.0 Å². The zero-order chi connectivity index (χ0) is 28.3. The van der Waals surface area contributed by atoms with Gasteiger partial charge in [-0.2, -0.15) is 13.2 Å². The summed E-state index contributed by atoms with van der Waals surface area (Å²) in [5, 5.41) is 14.7. The first-order valence-corrected chi connectivity index (χ1v) is 13.9. The summed E-state index contributed by atoms with van der Waals surface area (Å²) >= 11 is 0. The quantitative estimate of drug-likeness (QED) is 0.554. The Balaban J connectivity index is 1.22. The maximum absolute atomic E-state index is 13.2. The van der Waals surface area contributed by atoms with Crippen molar-refractivity contribution < 1.29 is 32.7 Å². The Bertz CT molecular complexity index is 1350. The van der Waals surface area contributed by atoms with E-state index in [0.29, 0.717) is 38.0 Å². The molecule has 0 aromatic heterocycles. The molecule has 2 aromatic carbocycles. The molecule has 3 fully saturated rings. The molecule has 212 valence electrons. The number of carbonyl (C=O) groups excluding carboxylic acids is 3. The summed E-state index contributed by atoms with van der Waals surface area (Å²) in [6, 6.07) is 10.1. The molecule has 10 heteroatoms. The van der Waals surface area contributed by atoms with Gasteiger partial charge in [-0.1, -0.05) is 37.1 Å². The highest BCUT2D eigenvalue weighted by Crippen LogP contribution is 2.56. The number of aliphatic hydroxyl groups is 1. The SMILES string of the molecule is O=C1CC[C@H](N2Cc3cc([C@@]4(O)CCN(Cc5ccc(C(F)(F)F)cc5)CC45CCCC5)ccc3C2=O)C(=O)N1. The van der Waals surface area contributed by atoms with Crippen LogP contribution in [-0.2, 0) is 34.5 Å². The monoisotopic (exact) mass is 555 g/mol. The van der Waals surface area contributed by atoms with E-state index < -0.39 is 34.7 Å². The molecule has 3 amide bonds. The van der Waals surface area contributed by atoms with Crippen molar-refractivity contribution >= 4 is 17.7 Å². The summed E-state index contributed by atoms with van der Waals surface area (Å²) < 4.78 is 39.0. The lowest BCUT2D eigenvalue weighted by Crippen LogP contribution is -2.56. The van der Waals surface area contributed by atoms with E-state index in [1.165, 1.54) is 17.0 Å². The second-order valence-corrected chi connectivity index (χ2v) is 11.8. The van der Waals surface area contributed by atoms with Gasteiger partial charge in [-0.05, 0) is 60.6 Å². The van der Waals surface area contributed by atoms with Crippen LogP contribution in [0.2, 0.25) is 0 Å². The highest BCUT2D eigenvalue weighted by Gasteiger charge is 2.55. The number of halogens is 3. The number of alkyl halides is 3. The summed E-state index contributed by atoms with van der Waals surface area (Å²) in [6.45, 7) is 1.97. The first-order chi connectivity index (χ1) is 19.0. The molecule has 0 radical (unpaired) electrons. The number of nitrogens with zero attached hydrogens (tertiary/aromatic N) is 2. The second-order valence-electron chi connectivity index (χ2n) is 11.8. The molecular formula is C30H32F3N3O4. The fourth-order valence-corrected chi connectivity index (χ4v) is 7.32. The molecule has 4 aliphatic rings. The summed E-state index contributed by atoms with van der Waals surface area (Å²) in [7, 11) is 0. The molecule has 2 atom stereocenters. The predicted molar refractivity (Wildman–Crippen MR) is 139 cm³/mol. The van der Waals surface area contributed by atoms with E-state index in [9.17, 15) is 32.7 Å². The topological polar surface area (TPSA) is 90.0 Å². The van der Waals surface area contributed by atoms with E-state index in [2.05, 4.69) is 10.2 Å². The number of amides is 3. The number of hydrogen-bond donors (Lipinski definition) is 2. The number of rotatable bonds is 4. The van der Waals surface area contributed by atoms with Crippen LogP contribution in [0.3, 0.4) is 0 Å². The van der Waals surface area contributed by atoms with Crippen LogP contribution in [0.15, 0.2) is 42.5 Å². The van der Waals surface area contributed by atoms with Gasteiger partial charge in [0.15, 0.2) is 0 Å². The first kappa shape index (κ1) is 27.0. The molecule has 7 nitrogen and oxygen atoms in total. The molecule has 0 unspecified atom stereocenters. The van der Waals surface area contributed by atoms with Crippen LogP contribution in [0.4, 0.5) is 13.2 Å². The molecule has 1 aliphatic carbocycles. The van der Waals surface area contributed by atoms with Gasteiger partial charge in [-0.3, -0.25) is 24.6 Å². The number of hydrogen-bond acceptors (Lipinski definition) is 5. The largest absolute Gasteiger partial charge is 0.416 e. The summed E-state index contributed by atoms with van der Waals surface area (Å²) in [6.07, 6.45) is 0.236. The maximum Gasteiger partial charge on any atom is 0.416 e. The van der Waals surface area contributed by atoms with Crippen molar-refractivity contribution in [2.75, 3.05) is 13.1 Å². The minimum Gasteiger partial charge on any atom is -0.384 e. The number of imide groups is 1. The molecule has 3 aliphatic heterocycles. The Morgan fingerprint density at radius 2 is 1.73 bits per heavy atom. The van der Waals surface area contributed by atoms with Crippen LogP contribution in [0.5, 0.6) is 0 Å². The molecule has 40 heavy (non-hydrogen) atoms. The number of likely N-dealkylation sites (tertiary alicyclic amines) is 1. The Morgan fingerprint density at radius 3 is 2.40 bits per heavy atom. The highest BCUT2D eigenvalue weighted by atomic mass is 19.4. The van der Waals surface area contributed by atoms with Crippen LogP contribution in [0.25, 0.3) is 0 Å². The van der Waals surface area contributed by atoms with E-state index in [4.69, 9.17) is 0 Å². The van der Waals surface area contributed by atoms with Crippen molar-refractivity contribution in [3.63, 3.8) is 0 Å². The van der Waals surface area contributed by atoms with Crippen LogP contribution >= 0.6 is 0 Å². The number of carbonyl (C=O) groups is 3. The molecule has 0 bridgehead atoms. The lowest BCUT2D eigenvalue weighted by Gasteiger charge is -2.53. The van der Waals surface area contributed by atoms with Crippen molar-refractivity contribution in [3.05, 3.63) is 70.3 Å². The van der Waals surface area contributed by atoms with E-state index in [0.717, 1.165) is 54.5 Å². The minimum atomic E-state index is -4.37. The van der Waals surface area contributed by atoms with Crippen molar-refractivity contribution in [3.8, 4) is 0 Å². The minimum absolute atomic E-state index is 0.188. The van der Waals surface area contributed by atoms with Crippen molar-refractivity contribution in [2.24, 2.45) is 5.41 Å². The Labute approximate surface area is 230 Å². The molecule has 6 rings (SSSR count). The maximum atomic E-state index is 13.2. The van der Waals surface area contributed by atoms with Gasteiger partial charge in [0.2, 0.25) is 11.8 Å². The van der Waals surface area contributed by atoms with E-state index in [-0.39, 0.29) is 24.8 Å². The Morgan fingerprint density at radius 1 is 1.00 bits per heavy atom. The average Bonchev–Trinajstić information content (AvgIpc) is 3.51. The molecule has 1 spiro atoms. The first-order valence-electron chi connectivity index (χ1n) is 13.9. The van der Waals surface area contributed by atoms with Gasteiger partial charge in [0.25, 0.3) is 5.91 Å². The van der Waals surface area contributed by atoms with Gasteiger partial charge in [0, 0.05) is 43.6 Å². The standard InChI is InChI=1S/C30H32F3N3O4/c31-30(32,33)21-5-3-19(4-6-21)16-35-14-13-29(40,28(18-35)11-1-2-12-28)22-7-8-23-20(15-22)17-36(27(23)39)24-9-10-25(37)34-26(24)38/h3-8,15,24,40H,1-2,9-14,16-18H2,(H,34,37,38)/t24-,29-/m0/s1. The molecule has 2 saturated heterocycles. The smallest absolute Gasteiger partial charge is 0.384 e. The lowest BCUT2D eigenvalue weighted by molar-refractivity contribution is -0.142. The zero-order valence-electron chi connectivity index (χ0n) is 22.1. The fraction of sp³-hybridized carbons (Fsp3) is 0.500. The third-order valence-corrected chi connectivity index (χ3v) is 9.44. The van der Waals surface area contributed by atoms with Gasteiger partial charge in [0.05, 0.1) is 11.2 Å². The van der Waals surface area contributed by atoms with Crippen LogP contribution < -0.4 is 5.32 Å². The van der Waals surface area contributed by atoms with E-state index >= 15 is 0 Å². The second kappa shape index (κ2) is 9.69. The third-order valence-electron chi connectivity index (χ3n) is 9.44. The van der Waals surface area contributed by atoms with Gasteiger partial charge in [0.1, 0.15) is 6.04 Å². The normalized spacial score (nSPS) is 26.9. The zero-order valence-corrected chi connectivity index (χ0v) is 22.1. The number of piperidine rings is 2. The summed E-state index contributed by atoms with van der Waals surface area (Å²) in [5.41, 5.74) is 0.662. The molecule has 1 saturated carbocycles. The van der Waals surface area contributed by atoms with Gasteiger partial charge in [-0.15, -0.1) is 0 Å². The van der Waals surface area contributed by atoms with E-state index in [1.807, 2.05) is 12.1 Å². The molecular weight excluding hydrogens is 523 g/mol. The van der Waals surface area contributed by atoms with Crippen LogP contribution in [0, 0.1) is 5.41 Å². The number of benzene rings is 2. The molecule has 2 aromatic rings. The van der Waals surface area contributed by atoms with Gasteiger partial charge in [-0.25, -0.2) is 0 Å². The van der Waals surface area contributed by atoms with Crippen LogP contribution in [0.1, 0.15) is 77.6 Å². The summed E-state index contributed by atoms with van der Waals surface area (Å²) in [4.78, 5) is 40.9. The Kier molecular flexibility index (Phi) is 6.53. The third kappa shape index (κ3) is 4.51. The summed E-state index contributed by atoms with van der Waals surface area (Å²) in [5.74, 6) is -1.03. The molecule has 2 N–H and O–H groups in total. The fourth-order valence-electron chi connectivity index (χ4n) is 7.32. The lowest BCUT2D eigenvalue weighted by atomic mass is 9.63. The van der Waals surface area contributed by atoms with Gasteiger partial charge >= 0.3 is 6.18 Å². The molecule has 3 heterocycles. The number of fused-ring (bicyclic) bond motifs is 1.